The molecule has 5 rings (SSSR count). The van der Waals surface area contributed by atoms with Crippen molar-refractivity contribution in [2.45, 2.75) is 67.1 Å². The van der Waals surface area contributed by atoms with Crippen LogP contribution in [0.3, 0.4) is 0 Å². The fourth-order valence-corrected chi connectivity index (χ4v) is 8.25. The number of thioether (sulfide) groups is 2. The predicted molar refractivity (Wildman–Crippen MR) is 136 cm³/mol. The molecule has 1 aliphatic carbocycles. The van der Waals surface area contributed by atoms with E-state index in [0.717, 1.165) is 36.1 Å². The summed E-state index contributed by atoms with van der Waals surface area (Å²) in [5.74, 6) is 1.91. The van der Waals surface area contributed by atoms with Crippen molar-refractivity contribution in [3.8, 4) is 11.1 Å². The molecule has 1 unspecified atom stereocenters. The molecule has 2 heterocycles. The maximum absolute atomic E-state index is 6.33. The maximum atomic E-state index is 6.33. The van der Waals surface area contributed by atoms with Gasteiger partial charge in [-0.3, -0.25) is 4.99 Å². The summed E-state index contributed by atoms with van der Waals surface area (Å²) in [6.45, 7) is 3.09. The maximum Gasteiger partial charge on any atom is 0.154 e. The molecule has 0 saturated heterocycles. The number of aliphatic imine (C=N–C) groups is 1. The Morgan fingerprint density at radius 2 is 1.87 bits per heavy atom. The normalized spacial score (nSPS) is 30.3. The molecule has 164 valence electrons. The lowest BCUT2D eigenvalue weighted by Gasteiger charge is -2.50. The van der Waals surface area contributed by atoms with Crippen molar-refractivity contribution < 1.29 is 0 Å². The van der Waals surface area contributed by atoms with Crippen molar-refractivity contribution in [3.05, 3.63) is 53.6 Å². The fraction of sp³-hybridized carbons (Fsp3) is 0.500. The molecule has 0 bridgehead atoms. The van der Waals surface area contributed by atoms with Gasteiger partial charge >= 0.3 is 0 Å². The Bertz CT molecular complexity index is 994. The van der Waals surface area contributed by atoms with Gasteiger partial charge in [0.2, 0.25) is 0 Å². The average molecular weight is 452 g/mol. The van der Waals surface area contributed by atoms with Crippen LogP contribution < -0.4 is 11.5 Å². The van der Waals surface area contributed by atoms with E-state index in [-0.39, 0.29) is 5.54 Å². The molecule has 3 nitrogen and oxygen atoms in total. The minimum Gasteiger partial charge on any atom is -0.379 e. The zero-order valence-corrected chi connectivity index (χ0v) is 20.0. The van der Waals surface area contributed by atoms with Crippen molar-refractivity contribution in [1.29, 1.82) is 0 Å². The minimum absolute atomic E-state index is 0.165. The number of rotatable bonds is 3. The van der Waals surface area contributed by atoms with E-state index in [2.05, 4.69) is 61.2 Å². The highest BCUT2D eigenvalue weighted by molar-refractivity contribution is 8.13. The summed E-state index contributed by atoms with van der Waals surface area (Å²) < 4.78 is 0.313. The largest absolute Gasteiger partial charge is 0.379 e. The summed E-state index contributed by atoms with van der Waals surface area (Å²) in [7, 11) is 0. The number of nitrogens with zero attached hydrogens (tertiary/aromatic N) is 1. The Hall–Kier alpha value is -1.43. The SMILES string of the molecule is CC1CCC2(CC1)CC1(CCSC(N)=N1)c1cc(-c3cccc(CCN)c3)ccc1S2. The topological polar surface area (TPSA) is 64.4 Å². The minimum atomic E-state index is -0.165. The van der Waals surface area contributed by atoms with Gasteiger partial charge in [0.25, 0.3) is 0 Å². The van der Waals surface area contributed by atoms with Gasteiger partial charge in [0.15, 0.2) is 5.17 Å². The Morgan fingerprint density at radius 3 is 2.65 bits per heavy atom. The molecule has 0 aromatic heterocycles. The third-order valence-electron chi connectivity index (χ3n) is 7.39. The van der Waals surface area contributed by atoms with Crippen LogP contribution in [0.4, 0.5) is 0 Å². The van der Waals surface area contributed by atoms with E-state index in [1.165, 1.54) is 52.8 Å². The zero-order chi connectivity index (χ0) is 21.5. The molecule has 0 amide bonds. The fourth-order valence-electron chi connectivity index (χ4n) is 5.65. The molecule has 1 atom stereocenters. The molecule has 3 aliphatic rings. The first-order chi connectivity index (χ1) is 15.0. The van der Waals surface area contributed by atoms with Crippen LogP contribution in [0.1, 0.15) is 56.6 Å². The van der Waals surface area contributed by atoms with Crippen LogP contribution in [0.5, 0.6) is 0 Å². The molecule has 2 aromatic carbocycles. The van der Waals surface area contributed by atoms with Crippen LogP contribution in [0, 0.1) is 5.92 Å². The molecule has 1 fully saturated rings. The van der Waals surface area contributed by atoms with Crippen molar-refractivity contribution >= 4 is 28.7 Å². The summed E-state index contributed by atoms with van der Waals surface area (Å²) >= 11 is 3.85. The number of hydrogen-bond donors (Lipinski definition) is 2. The van der Waals surface area contributed by atoms with Crippen LogP contribution >= 0.6 is 23.5 Å². The van der Waals surface area contributed by atoms with Crippen LogP contribution in [0.15, 0.2) is 52.4 Å². The second-order valence-corrected chi connectivity index (χ2v) is 12.3. The van der Waals surface area contributed by atoms with Gasteiger partial charge in [-0.1, -0.05) is 49.0 Å². The van der Waals surface area contributed by atoms with Gasteiger partial charge in [-0.05, 0) is 91.8 Å². The van der Waals surface area contributed by atoms with Gasteiger partial charge in [-0.25, -0.2) is 0 Å². The van der Waals surface area contributed by atoms with Gasteiger partial charge < -0.3 is 11.5 Å². The lowest BCUT2D eigenvalue weighted by Crippen LogP contribution is -2.45. The van der Waals surface area contributed by atoms with Crippen molar-refractivity contribution in [2.24, 2.45) is 22.4 Å². The first-order valence-electron chi connectivity index (χ1n) is 11.6. The third kappa shape index (κ3) is 4.17. The molecule has 5 heteroatoms. The average Bonchev–Trinajstić information content (AvgIpc) is 2.76. The highest BCUT2D eigenvalue weighted by atomic mass is 32.2. The Balaban J connectivity index is 1.59. The molecule has 0 radical (unpaired) electrons. The summed E-state index contributed by atoms with van der Waals surface area (Å²) in [4.78, 5) is 6.61. The molecule has 31 heavy (non-hydrogen) atoms. The van der Waals surface area contributed by atoms with Crippen molar-refractivity contribution in [1.82, 2.24) is 0 Å². The smallest absolute Gasteiger partial charge is 0.154 e. The molecular weight excluding hydrogens is 418 g/mol. The highest BCUT2D eigenvalue weighted by Crippen LogP contribution is 2.60. The Morgan fingerprint density at radius 1 is 1.06 bits per heavy atom. The number of benzene rings is 2. The first-order valence-corrected chi connectivity index (χ1v) is 13.4. The quantitative estimate of drug-likeness (QED) is 0.605. The van der Waals surface area contributed by atoms with Crippen LogP contribution in [-0.4, -0.2) is 22.2 Å². The zero-order valence-electron chi connectivity index (χ0n) is 18.4. The van der Waals surface area contributed by atoms with E-state index in [9.17, 15) is 0 Å². The highest BCUT2D eigenvalue weighted by Gasteiger charge is 2.50. The Labute approximate surface area is 194 Å². The third-order valence-corrected chi connectivity index (χ3v) is 9.75. The van der Waals surface area contributed by atoms with E-state index >= 15 is 0 Å². The van der Waals surface area contributed by atoms with Crippen LogP contribution in [0.25, 0.3) is 11.1 Å². The van der Waals surface area contributed by atoms with Gasteiger partial charge in [-0.15, -0.1) is 11.8 Å². The monoisotopic (exact) mass is 451 g/mol. The van der Waals surface area contributed by atoms with E-state index in [0.29, 0.717) is 11.3 Å². The summed E-state index contributed by atoms with van der Waals surface area (Å²) in [6, 6.07) is 15.9. The molecule has 2 aromatic rings. The number of nitrogens with two attached hydrogens (primary N) is 2. The molecule has 4 N–H and O–H groups in total. The van der Waals surface area contributed by atoms with Crippen LogP contribution in [0.2, 0.25) is 0 Å². The van der Waals surface area contributed by atoms with Gasteiger partial charge in [0.05, 0.1) is 5.54 Å². The lowest BCUT2D eigenvalue weighted by molar-refractivity contribution is 0.243. The summed E-state index contributed by atoms with van der Waals surface area (Å²) in [5, 5.41) is 0.763. The van der Waals surface area contributed by atoms with Gasteiger partial charge in [0, 0.05) is 15.4 Å². The van der Waals surface area contributed by atoms with Crippen LogP contribution in [-0.2, 0) is 12.0 Å². The Kier molecular flexibility index (Phi) is 5.87. The standard InChI is InChI=1S/C26H33N3S2/c1-18-7-10-25(11-8-18)17-26(12-14-30-24(28)29-26)22-16-21(5-6-23(22)31-25)20-4-2-3-19(15-20)9-13-27/h2-6,15-16,18H,7-14,17,27H2,1H3,(H2,28,29). The van der Waals surface area contributed by atoms with E-state index in [4.69, 9.17) is 16.5 Å². The van der Waals surface area contributed by atoms with Crippen molar-refractivity contribution in [3.63, 3.8) is 0 Å². The van der Waals surface area contributed by atoms with Crippen molar-refractivity contribution in [2.75, 3.05) is 12.3 Å². The molecule has 1 saturated carbocycles. The van der Waals surface area contributed by atoms with Gasteiger partial charge in [0.1, 0.15) is 0 Å². The summed E-state index contributed by atoms with van der Waals surface area (Å²) in [5.41, 5.74) is 17.2. The van der Waals surface area contributed by atoms with E-state index in [1.807, 2.05) is 0 Å². The second kappa shape index (κ2) is 8.49. The number of hydrogen-bond acceptors (Lipinski definition) is 5. The molecule has 2 spiro atoms. The predicted octanol–water partition coefficient (Wildman–Crippen LogP) is 5.95. The van der Waals surface area contributed by atoms with Gasteiger partial charge in [-0.2, -0.15) is 0 Å². The summed E-state index contributed by atoms with van der Waals surface area (Å²) in [6.07, 6.45) is 8.38. The first kappa shape index (κ1) is 21.4. The molecular formula is C26H33N3S2. The lowest BCUT2D eigenvalue weighted by atomic mass is 9.71. The number of amidine groups is 1. The molecule has 2 aliphatic heterocycles. The second-order valence-electron chi connectivity index (χ2n) is 9.67. The van der Waals surface area contributed by atoms with E-state index in [1.54, 1.807) is 11.8 Å². The van der Waals surface area contributed by atoms with E-state index < -0.39 is 0 Å². The number of fused-ring (bicyclic) bond motifs is 2.